The highest BCUT2D eigenvalue weighted by atomic mass is 16.5. The zero-order valence-corrected chi connectivity index (χ0v) is 7.01. The largest absolute Gasteiger partial charge is 0.466 e. The summed E-state index contributed by atoms with van der Waals surface area (Å²) in [5.74, 6) is -0.134. The van der Waals surface area contributed by atoms with Crippen molar-refractivity contribution >= 4 is 5.97 Å². The van der Waals surface area contributed by atoms with Crippen LogP contribution in [0.15, 0.2) is 0 Å². The van der Waals surface area contributed by atoms with E-state index < -0.39 is 0 Å². The normalized spacial score (nSPS) is 9.64. The molecule has 0 radical (unpaired) electrons. The first-order valence-corrected chi connectivity index (χ1v) is 4.07. The van der Waals surface area contributed by atoms with Crippen LogP contribution in [0.25, 0.3) is 0 Å². The van der Waals surface area contributed by atoms with Crippen LogP contribution in [0.1, 0.15) is 32.6 Å². The molecule has 3 nitrogen and oxygen atoms in total. The predicted octanol–water partition coefficient (Wildman–Crippen LogP) is 1.10. The van der Waals surface area contributed by atoms with E-state index in [0.717, 1.165) is 12.8 Å². The summed E-state index contributed by atoms with van der Waals surface area (Å²) in [5.41, 5.74) is 0. The Labute approximate surface area is 67.4 Å². The van der Waals surface area contributed by atoms with Gasteiger partial charge in [-0.1, -0.05) is 6.92 Å². The van der Waals surface area contributed by atoms with Gasteiger partial charge in [0.25, 0.3) is 0 Å². The molecule has 0 bridgehead atoms. The first-order chi connectivity index (χ1) is 5.31. The molecule has 3 heteroatoms. The van der Waals surface area contributed by atoms with E-state index >= 15 is 0 Å². The number of aliphatic hydroxyl groups excluding tert-OH is 1. The van der Waals surface area contributed by atoms with Gasteiger partial charge in [0.05, 0.1) is 6.61 Å². The van der Waals surface area contributed by atoms with Gasteiger partial charge in [0.2, 0.25) is 0 Å². The number of esters is 1. The Balaban J connectivity index is 3.04. The standard InChI is InChI=1S/C8H16O3/c1-2-5-8(10)11-7-4-3-6-9/h9H,2-7H2,1H3. The Morgan fingerprint density at radius 3 is 2.73 bits per heavy atom. The Kier molecular flexibility index (Phi) is 7.15. The quantitative estimate of drug-likeness (QED) is 0.467. The Bertz CT molecular complexity index is 102. The van der Waals surface area contributed by atoms with Gasteiger partial charge in [-0.3, -0.25) is 4.79 Å². The van der Waals surface area contributed by atoms with Gasteiger partial charge in [-0.25, -0.2) is 0 Å². The fourth-order valence-electron chi connectivity index (χ4n) is 0.676. The van der Waals surface area contributed by atoms with Crippen molar-refractivity contribution in [2.75, 3.05) is 13.2 Å². The van der Waals surface area contributed by atoms with Crippen molar-refractivity contribution in [2.45, 2.75) is 32.6 Å². The van der Waals surface area contributed by atoms with Crippen molar-refractivity contribution in [1.82, 2.24) is 0 Å². The van der Waals surface area contributed by atoms with Crippen molar-refractivity contribution in [1.29, 1.82) is 0 Å². The Hall–Kier alpha value is -0.570. The number of aliphatic hydroxyl groups is 1. The van der Waals surface area contributed by atoms with Crippen LogP contribution in [-0.4, -0.2) is 24.3 Å². The number of hydrogen-bond acceptors (Lipinski definition) is 3. The molecule has 0 aromatic rings. The summed E-state index contributed by atoms with van der Waals surface area (Å²) in [6, 6.07) is 0. The Morgan fingerprint density at radius 2 is 2.18 bits per heavy atom. The molecule has 0 heterocycles. The summed E-state index contributed by atoms with van der Waals surface area (Å²) in [7, 11) is 0. The van der Waals surface area contributed by atoms with E-state index in [-0.39, 0.29) is 12.6 Å². The maximum absolute atomic E-state index is 10.7. The maximum Gasteiger partial charge on any atom is 0.305 e. The van der Waals surface area contributed by atoms with Gasteiger partial charge < -0.3 is 9.84 Å². The lowest BCUT2D eigenvalue weighted by atomic mass is 10.3. The van der Waals surface area contributed by atoms with Crippen LogP contribution in [0, 0.1) is 0 Å². The van der Waals surface area contributed by atoms with Crippen LogP contribution in [0.5, 0.6) is 0 Å². The van der Waals surface area contributed by atoms with Gasteiger partial charge >= 0.3 is 5.97 Å². The van der Waals surface area contributed by atoms with Crippen LogP contribution >= 0.6 is 0 Å². The first kappa shape index (κ1) is 10.4. The van der Waals surface area contributed by atoms with E-state index in [1.807, 2.05) is 6.92 Å². The minimum atomic E-state index is -0.134. The van der Waals surface area contributed by atoms with Gasteiger partial charge in [-0.05, 0) is 19.3 Å². The lowest BCUT2D eigenvalue weighted by Gasteiger charge is -2.01. The zero-order valence-electron chi connectivity index (χ0n) is 7.01. The molecule has 0 spiro atoms. The zero-order chi connectivity index (χ0) is 8.53. The van der Waals surface area contributed by atoms with E-state index in [1.54, 1.807) is 0 Å². The van der Waals surface area contributed by atoms with Crippen molar-refractivity contribution in [3.05, 3.63) is 0 Å². The topological polar surface area (TPSA) is 46.5 Å². The van der Waals surface area contributed by atoms with Gasteiger partial charge in [-0.15, -0.1) is 0 Å². The van der Waals surface area contributed by atoms with Crippen molar-refractivity contribution in [3.8, 4) is 0 Å². The lowest BCUT2D eigenvalue weighted by molar-refractivity contribution is -0.143. The summed E-state index contributed by atoms with van der Waals surface area (Å²) in [6.45, 7) is 2.56. The highest BCUT2D eigenvalue weighted by Crippen LogP contribution is 1.94. The third-order valence-corrected chi connectivity index (χ3v) is 1.27. The summed E-state index contributed by atoms with van der Waals surface area (Å²) in [5, 5.41) is 8.39. The molecule has 0 aliphatic heterocycles. The summed E-state index contributed by atoms with van der Waals surface area (Å²) < 4.78 is 4.83. The molecule has 0 aromatic heterocycles. The number of unbranched alkanes of at least 4 members (excludes halogenated alkanes) is 1. The molecule has 0 rings (SSSR count). The van der Waals surface area contributed by atoms with E-state index in [2.05, 4.69) is 0 Å². The van der Waals surface area contributed by atoms with Crippen LogP contribution in [0.2, 0.25) is 0 Å². The second-order valence-corrected chi connectivity index (χ2v) is 2.40. The lowest BCUT2D eigenvalue weighted by Crippen LogP contribution is -2.05. The molecule has 1 N–H and O–H groups in total. The van der Waals surface area contributed by atoms with Crippen LogP contribution in [-0.2, 0) is 9.53 Å². The predicted molar refractivity (Wildman–Crippen MR) is 42.2 cm³/mol. The SMILES string of the molecule is CCCC(=O)OCCCCO. The van der Waals surface area contributed by atoms with Crippen molar-refractivity contribution < 1.29 is 14.6 Å². The summed E-state index contributed by atoms with van der Waals surface area (Å²) in [6.07, 6.45) is 2.79. The average Bonchev–Trinajstić information content (AvgIpc) is 1.99. The Morgan fingerprint density at radius 1 is 1.45 bits per heavy atom. The van der Waals surface area contributed by atoms with Crippen LogP contribution in [0.3, 0.4) is 0 Å². The van der Waals surface area contributed by atoms with E-state index in [0.29, 0.717) is 19.4 Å². The highest BCUT2D eigenvalue weighted by Gasteiger charge is 1.98. The van der Waals surface area contributed by atoms with E-state index in [4.69, 9.17) is 9.84 Å². The van der Waals surface area contributed by atoms with Gasteiger partial charge in [0.15, 0.2) is 0 Å². The third-order valence-electron chi connectivity index (χ3n) is 1.27. The highest BCUT2D eigenvalue weighted by molar-refractivity contribution is 5.69. The monoisotopic (exact) mass is 160 g/mol. The van der Waals surface area contributed by atoms with Crippen LogP contribution in [0.4, 0.5) is 0 Å². The maximum atomic E-state index is 10.7. The number of ether oxygens (including phenoxy) is 1. The molecule has 0 fully saturated rings. The van der Waals surface area contributed by atoms with Gasteiger partial charge in [0.1, 0.15) is 0 Å². The smallest absolute Gasteiger partial charge is 0.305 e. The minimum Gasteiger partial charge on any atom is -0.466 e. The minimum absolute atomic E-state index is 0.134. The number of carbonyl (C=O) groups excluding carboxylic acids is 1. The van der Waals surface area contributed by atoms with Crippen molar-refractivity contribution in [3.63, 3.8) is 0 Å². The van der Waals surface area contributed by atoms with Gasteiger partial charge in [-0.2, -0.15) is 0 Å². The molecule has 0 saturated carbocycles. The molecule has 0 aliphatic rings. The molecule has 0 amide bonds. The van der Waals surface area contributed by atoms with E-state index in [9.17, 15) is 4.79 Å². The molecule has 0 aromatic carbocycles. The molecule has 0 atom stereocenters. The number of rotatable bonds is 6. The molecule has 0 saturated heterocycles. The first-order valence-electron chi connectivity index (χ1n) is 4.07. The summed E-state index contributed by atoms with van der Waals surface area (Å²) in [4.78, 5) is 10.7. The van der Waals surface area contributed by atoms with Crippen molar-refractivity contribution in [2.24, 2.45) is 0 Å². The van der Waals surface area contributed by atoms with Crippen LogP contribution < -0.4 is 0 Å². The molecule has 0 unspecified atom stereocenters. The van der Waals surface area contributed by atoms with E-state index in [1.165, 1.54) is 0 Å². The molecule has 66 valence electrons. The second kappa shape index (κ2) is 7.54. The third kappa shape index (κ3) is 7.33. The summed E-state index contributed by atoms with van der Waals surface area (Å²) >= 11 is 0. The molecule has 11 heavy (non-hydrogen) atoms. The van der Waals surface area contributed by atoms with Gasteiger partial charge in [0, 0.05) is 13.0 Å². The molecular weight excluding hydrogens is 144 g/mol. The second-order valence-electron chi connectivity index (χ2n) is 2.40. The average molecular weight is 160 g/mol. The molecule has 0 aliphatic carbocycles. The molecular formula is C8H16O3. The number of hydrogen-bond donors (Lipinski definition) is 1. The fraction of sp³-hybridized carbons (Fsp3) is 0.875. The number of carbonyl (C=O) groups is 1. The fourth-order valence-corrected chi connectivity index (χ4v) is 0.676.